The van der Waals surface area contributed by atoms with Crippen LogP contribution in [0.1, 0.15) is 46.1 Å². The van der Waals surface area contributed by atoms with E-state index in [1.807, 2.05) is 0 Å². The summed E-state index contributed by atoms with van der Waals surface area (Å²) >= 11 is 0. The quantitative estimate of drug-likeness (QED) is 0.712. The SMILES string of the molecule is CC(=O)c1c2c(nc3cc(C)c(C)cc13)CCC2. The Bertz CT molecular complexity index is 671. The van der Waals surface area contributed by atoms with Gasteiger partial charge < -0.3 is 0 Å². The van der Waals surface area contributed by atoms with Crippen molar-refractivity contribution < 1.29 is 4.79 Å². The van der Waals surface area contributed by atoms with Crippen LogP contribution in [0.25, 0.3) is 10.9 Å². The van der Waals surface area contributed by atoms with Crippen LogP contribution in [0.4, 0.5) is 0 Å². The predicted molar refractivity (Wildman–Crippen MR) is 73.2 cm³/mol. The van der Waals surface area contributed by atoms with Gasteiger partial charge in [-0.05, 0) is 68.9 Å². The largest absolute Gasteiger partial charge is 0.294 e. The highest BCUT2D eigenvalue weighted by molar-refractivity contribution is 6.08. The van der Waals surface area contributed by atoms with Crippen LogP contribution in [0.2, 0.25) is 0 Å². The molecule has 0 unspecified atom stereocenters. The Morgan fingerprint density at radius 1 is 1.17 bits per heavy atom. The molecule has 0 saturated heterocycles. The molecule has 18 heavy (non-hydrogen) atoms. The number of aromatic nitrogens is 1. The highest BCUT2D eigenvalue weighted by atomic mass is 16.1. The zero-order valence-electron chi connectivity index (χ0n) is 11.1. The number of rotatable bonds is 1. The van der Waals surface area contributed by atoms with Gasteiger partial charge in [0.15, 0.2) is 5.78 Å². The Balaban J connectivity index is 2.46. The van der Waals surface area contributed by atoms with Crippen LogP contribution < -0.4 is 0 Å². The minimum absolute atomic E-state index is 0.170. The van der Waals surface area contributed by atoms with Crippen LogP contribution in [0.15, 0.2) is 12.1 Å². The van der Waals surface area contributed by atoms with Crippen molar-refractivity contribution in [2.24, 2.45) is 0 Å². The van der Waals surface area contributed by atoms with Gasteiger partial charge in [0.05, 0.1) is 5.52 Å². The second kappa shape index (κ2) is 3.91. The molecular formula is C16H17NO. The number of ketones is 1. The number of hydrogen-bond acceptors (Lipinski definition) is 2. The highest BCUT2D eigenvalue weighted by Crippen LogP contribution is 2.31. The van der Waals surface area contributed by atoms with Gasteiger partial charge in [0.2, 0.25) is 0 Å². The van der Waals surface area contributed by atoms with Crippen molar-refractivity contribution in [1.82, 2.24) is 4.98 Å². The summed E-state index contributed by atoms with van der Waals surface area (Å²) in [6.07, 6.45) is 3.13. The molecule has 2 aromatic rings. The summed E-state index contributed by atoms with van der Waals surface area (Å²) in [5, 5.41) is 1.03. The average Bonchev–Trinajstić information content (AvgIpc) is 2.74. The van der Waals surface area contributed by atoms with Crippen molar-refractivity contribution in [2.45, 2.75) is 40.0 Å². The van der Waals surface area contributed by atoms with Gasteiger partial charge >= 0.3 is 0 Å². The van der Waals surface area contributed by atoms with E-state index in [2.05, 4.69) is 26.0 Å². The zero-order valence-corrected chi connectivity index (χ0v) is 11.1. The van der Waals surface area contributed by atoms with E-state index >= 15 is 0 Å². The van der Waals surface area contributed by atoms with Gasteiger partial charge in [-0.15, -0.1) is 0 Å². The third-order valence-electron chi connectivity index (χ3n) is 3.98. The number of carbonyl (C=O) groups excluding carboxylic acids is 1. The summed E-state index contributed by atoms with van der Waals surface area (Å²) in [4.78, 5) is 16.7. The van der Waals surface area contributed by atoms with E-state index < -0.39 is 0 Å². The lowest BCUT2D eigenvalue weighted by atomic mass is 9.96. The molecular weight excluding hydrogens is 222 g/mol. The van der Waals surface area contributed by atoms with Crippen LogP contribution in [-0.2, 0) is 12.8 Å². The van der Waals surface area contributed by atoms with E-state index in [0.29, 0.717) is 0 Å². The molecule has 2 heteroatoms. The van der Waals surface area contributed by atoms with Gasteiger partial charge in [0.25, 0.3) is 0 Å². The Morgan fingerprint density at radius 3 is 2.61 bits per heavy atom. The van der Waals surface area contributed by atoms with Crippen molar-refractivity contribution in [3.63, 3.8) is 0 Å². The number of nitrogens with zero attached hydrogens (tertiary/aromatic N) is 1. The minimum Gasteiger partial charge on any atom is -0.294 e. The van der Waals surface area contributed by atoms with Gasteiger partial charge in [-0.3, -0.25) is 9.78 Å². The number of hydrogen-bond donors (Lipinski definition) is 0. The van der Waals surface area contributed by atoms with Crippen molar-refractivity contribution in [1.29, 1.82) is 0 Å². The number of benzene rings is 1. The molecule has 0 N–H and O–H groups in total. The molecule has 0 aliphatic heterocycles. The van der Waals surface area contributed by atoms with E-state index in [0.717, 1.165) is 41.4 Å². The summed E-state index contributed by atoms with van der Waals surface area (Å²) in [6.45, 7) is 5.85. The normalized spacial score (nSPS) is 13.9. The molecule has 92 valence electrons. The lowest BCUT2D eigenvalue weighted by molar-refractivity contribution is 0.101. The van der Waals surface area contributed by atoms with Gasteiger partial charge in [-0.25, -0.2) is 0 Å². The first kappa shape index (κ1) is 11.4. The van der Waals surface area contributed by atoms with Crippen LogP contribution >= 0.6 is 0 Å². The fourth-order valence-corrected chi connectivity index (χ4v) is 2.92. The first-order valence-electron chi connectivity index (χ1n) is 6.51. The lowest BCUT2D eigenvalue weighted by Gasteiger charge is -2.11. The number of carbonyl (C=O) groups is 1. The molecule has 1 aliphatic rings. The summed E-state index contributed by atoms with van der Waals surface area (Å²) in [6, 6.07) is 4.22. The van der Waals surface area contributed by atoms with Crippen LogP contribution in [0.3, 0.4) is 0 Å². The maximum absolute atomic E-state index is 12.0. The second-order valence-electron chi connectivity index (χ2n) is 5.28. The molecule has 0 atom stereocenters. The molecule has 0 bridgehead atoms. The minimum atomic E-state index is 0.170. The number of aryl methyl sites for hydroxylation is 3. The number of Topliss-reactive ketones (excluding diaryl/α,β-unsaturated/α-hetero) is 1. The topological polar surface area (TPSA) is 30.0 Å². The van der Waals surface area contributed by atoms with E-state index in [1.165, 1.54) is 16.7 Å². The van der Waals surface area contributed by atoms with Crippen LogP contribution in [0.5, 0.6) is 0 Å². The molecule has 0 radical (unpaired) electrons. The summed E-state index contributed by atoms with van der Waals surface area (Å²) in [7, 11) is 0. The Hall–Kier alpha value is -1.70. The Labute approximate surface area is 107 Å². The fourth-order valence-electron chi connectivity index (χ4n) is 2.92. The summed E-state index contributed by atoms with van der Waals surface area (Å²) in [5.74, 6) is 0.170. The molecule has 3 rings (SSSR count). The monoisotopic (exact) mass is 239 g/mol. The number of pyridine rings is 1. The van der Waals surface area contributed by atoms with Crippen molar-refractivity contribution in [3.8, 4) is 0 Å². The van der Waals surface area contributed by atoms with Crippen LogP contribution in [-0.4, -0.2) is 10.8 Å². The molecule has 0 fully saturated rings. The number of fused-ring (bicyclic) bond motifs is 2. The molecule has 0 saturated carbocycles. The third-order valence-corrected chi connectivity index (χ3v) is 3.98. The maximum Gasteiger partial charge on any atom is 0.160 e. The molecule has 1 aliphatic carbocycles. The van der Waals surface area contributed by atoms with E-state index in [1.54, 1.807) is 6.92 Å². The lowest BCUT2D eigenvalue weighted by Crippen LogP contribution is -2.04. The van der Waals surface area contributed by atoms with E-state index in [9.17, 15) is 4.79 Å². The summed E-state index contributed by atoms with van der Waals surface area (Å²) < 4.78 is 0. The second-order valence-corrected chi connectivity index (χ2v) is 5.28. The van der Waals surface area contributed by atoms with Gasteiger partial charge in [-0.1, -0.05) is 0 Å². The smallest absolute Gasteiger partial charge is 0.160 e. The molecule has 1 heterocycles. The van der Waals surface area contributed by atoms with Crippen molar-refractivity contribution in [3.05, 3.63) is 40.1 Å². The molecule has 1 aromatic heterocycles. The highest BCUT2D eigenvalue weighted by Gasteiger charge is 2.21. The Kier molecular flexibility index (Phi) is 2.47. The first-order valence-corrected chi connectivity index (χ1v) is 6.51. The maximum atomic E-state index is 12.0. The van der Waals surface area contributed by atoms with Crippen molar-refractivity contribution in [2.75, 3.05) is 0 Å². The van der Waals surface area contributed by atoms with Crippen LogP contribution in [0, 0.1) is 13.8 Å². The third kappa shape index (κ3) is 1.56. The zero-order chi connectivity index (χ0) is 12.9. The molecule has 0 amide bonds. The van der Waals surface area contributed by atoms with Crippen molar-refractivity contribution >= 4 is 16.7 Å². The average molecular weight is 239 g/mol. The standard InChI is InChI=1S/C16H17NO/c1-9-7-13-15(8-10(9)2)17-14-6-4-5-12(14)16(13)11(3)18/h7-8H,4-6H2,1-3H3. The molecule has 2 nitrogen and oxygen atoms in total. The molecule has 0 spiro atoms. The summed E-state index contributed by atoms with van der Waals surface area (Å²) in [5.41, 5.74) is 6.68. The van der Waals surface area contributed by atoms with E-state index in [-0.39, 0.29) is 5.78 Å². The Morgan fingerprint density at radius 2 is 1.89 bits per heavy atom. The van der Waals surface area contributed by atoms with Gasteiger partial charge in [-0.2, -0.15) is 0 Å². The predicted octanol–water partition coefficient (Wildman–Crippen LogP) is 3.54. The fraction of sp³-hybridized carbons (Fsp3) is 0.375. The molecule has 1 aromatic carbocycles. The van der Waals surface area contributed by atoms with E-state index in [4.69, 9.17) is 4.98 Å². The first-order chi connectivity index (χ1) is 8.58. The van der Waals surface area contributed by atoms with Gasteiger partial charge in [0.1, 0.15) is 0 Å². The van der Waals surface area contributed by atoms with Gasteiger partial charge in [0, 0.05) is 16.6 Å².